The number of rotatable bonds is 4. The molecule has 0 aliphatic carbocycles. The molecule has 0 unspecified atom stereocenters. The van der Waals surface area contributed by atoms with Gasteiger partial charge in [0, 0.05) is 6.54 Å². The van der Waals surface area contributed by atoms with Crippen LogP contribution in [0.25, 0.3) is 0 Å². The third-order valence-electron chi connectivity index (χ3n) is 3.18. The first-order valence-corrected chi connectivity index (χ1v) is 8.38. The molecule has 0 saturated carbocycles. The number of carbonyl (C=O) groups is 1. The highest BCUT2D eigenvalue weighted by atomic mass is 79.9. The van der Waals surface area contributed by atoms with E-state index in [9.17, 15) is 17.6 Å². The van der Waals surface area contributed by atoms with Gasteiger partial charge in [-0.15, -0.1) is 0 Å². The zero-order valence-corrected chi connectivity index (χ0v) is 12.8. The van der Waals surface area contributed by atoms with Crippen molar-refractivity contribution in [1.82, 2.24) is 4.31 Å². The van der Waals surface area contributed by atoms with Crippen LogP contribution in [-0.4, -0.2) is 36.4 Å². The molecule has 0 amide bonds. The van der Waals surface area contributed by atoms with Crippen molar-refractivity contribution in [2.45, 2.75) is 24.6 Å². The van der Waals surface area contributed by atoms with E-state index in [1.54, 1.807) is 0 Å². The molecule has 1 fully saturated rings. The van der Waals surface area contributed by atoms with E-state index in [4.69, 9.17) is 5.11 Å². The van der Waals surface area contributed by atoms with Gasteiger partial charge in [0.05, 0.1) is 10.2 Å². The predicted octanol–water partition coefficient (Wildman–Crippen LogP) is 1.97. The summed E-state index contributed by atoms with van der Waals surface area (Å²) in [5.41, 5.74) is 0.293. The molecule has 0 aromatic heterocycles. The van der Waals surface area contributed by atoms with Crippen molar-refractivity contribution >= 4 is 31.9 Å². The Morgan fingerprint density at radius 2 is 2.20 bits per heavy atom. The first-order chi connectivity index (χ1) is 9.31. The molecule has 1 aromatic carbocycles. The second-order valence-electron chi connectivity index (χ2n) is 4.61. The summed E-state index contributed by atoms with van der Waals surface area (Å²) in [6, 6.07) is 3.04. The topological polar surface area (TPSA) is 74.7 Å². The Morgan fingerprint density at radius 3 is 2.80 bits per heavy atom. The number of sulfonamides is 1. The van der Waals surface area contributed by atoms with E-state index in [1.807, 2.05) is 0 Å². The van der Waals surface area contributed by atoms with Crippen LogP contribution >= 0.6 is 15.9 Å². The second-order valence-corrected chi connectivity index (χ2v) is 7.39. The second kappa shape index (κ2) is 5.79. The number of benzene rings is 1. The molecule has 0 radical (unpaired) electrons. The molecule has 1 N–H and O–H groups in total. The van der Waals surface area contributed by atoms with E-state index in [2.05, 4.69) is 15.9 Å². The van der Waals surface area contributed by atoms with E-state index < -0.39 is 33.6 Å². The van der Waals surface area contributed by atoms with Gasteiger partial charge in [0.2, 0.25) is 10.0 Å². The number of halogens is 2. The highest BCUT2D eigenvalue weighted by molar-refractivity contribution is 9.10. The van der Waals surface area contributed by atoms with E-state index in [0.29, 0.717) is 18.4 Å². The molecule has 1 aromatic rings. The van der Waals surface area contributed by atoms with Crippen molar-refractivity contribution in [3.8, 4) is 0 Å². The fourth-order valence-electron chi connectivity index (χ4n) is 2.24. The van der Waals surface area contributed by atoms with Gasteiger partial charge in [-0.3, -0.25) is 4.79 Å². The lowest BCUT2D eigenvalue weighted by Crippen LogP contribution is -2.40. The third-order valence-corrected chi connectivity index (χ3v) is 5.67. The Hall–Kier alpha value is -0.990. The van der Waals surface area contributed by atoms with Crippen LogP contribution in [0.2, 0.25) is 0 Å². The molecule has 2 rings (SSSR count). The number of carboxylic acids is 1. The van der Waals surface area contributed by atoms with Gasteiger partial charge in [0.25, 0.3) is 0 Å². The van der Waals surface area contributed by atoms with Crippen LogP contribution in [0.3, 0.4) is 0 Å². The first kappa shape index (κ1) is 15.4. The van der Waals surface area contributed by atoms with Crippen LogP contribution in [0.4, 0.5) is 4.39 Å². The van der Waals surface area contributed by atoms with E-state index in [-0.39, 0.29) is 11.0 Å². The van der Waals surface area contributed by atoms with Gasteiger partial charge < -0.3 is 5.11 Å². The average molecular weight is 366 g/mol. The molecule has 5 nitrogen and oxygen atoms in total. The Bertz CT molecular complexity index is 634. The summed E-state index contributed by atoms with van der Waals surface area (Å²) in [5, 5.41) is 9.02. The van der Waals surface area contributed by atoms with Crippen molar-refractivity contribution in [3.63, 3.8) is 0 Å². The molecule has 1 atom stereocenters. The summed E-state index contributed by atoms with van der Waals surface area (Å²) < 4.78 is 39.1. The van der Waals surface area contributed by atoms with Crippen LogP contribution in [0.5, 0.6) is 0 Å². The van der Waals surface area contributed by atoms with Gasteiger partial charge in [-0.25, -0.2) is 12.8 Å². The van der Waals surface area contributed by atoms with Crippen LogP contribution in [-0.2, 0) is 20.6 Å². The maximum Gasteiger partial charge on any atom is 0.322 e. The number of carboxylic acid groups (broad SMARTS) is 1. The Labute approximate surface area is 124 Å². The minimum Gasteiger partial charge on any atom is -0.480 e. The zero-order valence-electron chi connectivity index (χ0n) is 10.4. The quantitative estimate of drug-likeness (QED) is 0.884. The molecule has 110 valence electrons. The van der Waals surface area contributed by atoms with Gasteiger partial charge in [-0.1, -0.05) is 6.07 Å². The van der Waals surface area contributed by atoms with Crippen molar-refractivity contribution in [3.05, 3.63) is 34.1 Å². The summed E-state index contributed by atoms with van der Waals surface area (Å²) in [7, 11) is -3.77. The predicted molar refractivity (Wildman–Crippen MR) is 74.1 cm³/mol. The lowest BCUT2D eigenvalue weighted by atomic mass is 10.2. The zero-order chi connectivity index (χ0) is 14.9. The smallest absolute Gasteiger partial charge is 0.322 e. The fourth-order valence-corrected chi connectivity index (χ4v) is 4.25. The van der Waals surface area contributed by atoms with Crippen molar-refractivity contribution in [1.29, 1.82) is 0 Å². The Balaban J connectivity index is 2.22. The van der Waals surface area contributed by atoms with Crippen molar-refractivity contribution in [2.75, 3.05) is 6.54 Å². The largest absolute Gasteiger partial charge is 0.480 e. The summed E-state index contributed by atoms with van der Waals surface area (Å²) in [6.07, 6.45) is 0.828. The third kappa shape index (κ3) is 3.18. The molecule has 1 heterocycles. The van der Waals surface area contributed by atoms with E-state index in [1.165, 1.54) is 12.1 Å². The van der Waals surface area contributed by atoms with E-state index >= 15 is 0 Å². The SMILES string of the molecule is O=C(O)[C@@H]1CCCN1S(=O)(=O)Cc1ccc(Br)c(F)c1. The number of nitrogens with zero attached hydrogens (tertiary/aromatic N) is 1. The molecule has 1 aliphatic rings. The summed E-state index contributed by atoms with van der Waals surface area (Å²) in [6.45, 7) is 0.193. The monoisotopic (exact) mass is 365 g/mol. The van der Waals surface area contributed by atoms with Crippen LogP contribution < -0.4 is 0 Å². The number of aliphatic carboxylic acids is 1. The van der Waals surface area contributed by atoms with Crippen molar-refractivity contribution in [2.24, 2.45) is 0 Å². The van der Waals surface area contributed by atoms with Crippen LogP contribution in [0.15, 0.2) is 22.7 Å². The molecule has 0 spiro atoms. The maximum atomic E-state index is 13.4. The molecular weight excluding hydrogens is 353 g/mol. The van der Waals surface area contributed by atoms with Gasteiger partial charge >= 0.3 is 5.97 Å². The summed E-state index contributed by atoms with van der Waals surface area (Å²) in [5.74, 6) is -2.09. The fraction of sp³-hybridized carbons (Fsp3) is 0.417. The number of hydrogen-bond donors (Lipinski definition) is 1. The number of hydrogen-bond acceptors (Lipinski definition) is 3. The van der Waals surface area contributed by atoms with E-state index in [0.717, 1.165) is 10.4 Å². The highest BCUT2D eigenvalue weighted by Crippen LogP contribution is 2.25. The molecule has 0 bridgehead atoms. The van der Waals surface area contributed by atoms with Gasteiger partial charge in [0.15, 0.2) is 0 Å². The molecule has 1 aliphatic heterocycles. The van der Waals surface area contributed by atoms with Gasteiger partial charge in [-0.05, 0) is 46.5 Å². The highest BCUT2D eigenvalue weighted by Gasteiger charge is 2.38. The lowest BCUT2D eigenvalue weighted by Gasteiger charge is -2.20. The van der Waals surface area contributed by atoms with Crippen LogP contribution in [0, 0.1) is 5.82 Å². The maximum absolute atomic E-state index is 13.4. The molecular formula is C12H13BrFNO4S. The summed E-state index contributed by atoms with van der Waals surface area (Å²) >= 11 is 2.99. The average Bonchev–Trinajstić information content (AvgIpc) is 2.83. The van der Waals surface area contributed by atoms with Crippen LogP contribution in [0.1, 0.15) is 18.4 Å². The minimum atomic E-state index is -3.77. The van der Waals surface area contributed by atoms with Crippen molar-refractivity contribution < 1.29 is 22.7 Å². The molecule has 1 saturated heterocycles. The normalized spacial score (nSPS) is 20.2. The first-order valence-electron chi connectivity index (χ1n) is 5.97. The lowest BCUT2D eigenvalue weighted by molar-refractivity contribution is -0.140. The Kier molecular flexibility index (Phi) is 4.46. The van der Waals surface area contributed by atoms with Gasteiger partial charge in [-0.2, -0.15) is 4.31 Å². The minimum absolute atomic E-state index is 0.193. The standard InChI is InChI=1S/C12H13BrFNO4S/c13-9-4-3-8(6-10(9)14)7-20(18,19)15-5-1-2-11(15)12(16)17/h3-4,6,11H,1-2,5,7H2,(H,16,17)/t11-/m0/s1. The molecule has 8 heteroatoms. The Morgan fingerprint density at radius 1 is 1.50 bits per heavy atom. The summed E-state index contributed by atoms with van der Waals surface area (Å²) in [4.78, 5) is 11.0. The van der Waals surface area contributed by atoms with Gasteiger partial charge in [0.1, 0.15) is 11.9 Å². The molecule has 20 heavy (non-hydrogen) atoms.